The van der Waals surface area contributed by atoms with Gasteiger partial charge in [0.25, 0.3) is 0 Å². The zero-order valence-corrected chi connectivity index (χ0v) is 26.1. The summed E-state index contributed by atoms with van der Waals surface area (Å²) >= 11 is 0. The van der Waals surface area contributed by atoms with Crippen molar-refractivity contribution in [3.63, 3.8) is 0 Å². The minimum Gasteiger partial charge on any atom is -0.357 e. The summed E-state index contributed by atoms with van der Waals surface area (Å²) < 4.78 is 0. The second-order valence-electron chi connectivity index (χ2n) is 12.4. The van der Waals surface area contributed by atoms with Crippen LogP contribution < -0.4 is 5.32 Å². The van der Waals surface area contributed by atoms with Crippen LogP contribution in [0.5, 0.6) is 0 Å². The number of amides is 3. The summed E-state index contributed by atoms with van der Waals surface area (Å²) in [7, 11) is 4.91. The molecular weight excluding hydrogens is 546 g/mol. The monoisotopic (exact) mass is 593 g/mol. The van der Waals surface area contributed by atoms with Gasteiger partial charge < -0.3 is 15.1 Å². The molecule has 0 heterocycles. The number of allylic oxidation sites excluding steroid dienone is 1. The molecule has 4 rings (SSSR count). The lowest BCUT2D eigenvalue weighted by molar-refractivity contribution is -0.146. The van der Waals surface area contributed by atoms with Crippen molar-refractivity contribution in [3.8, 4) is 0 Å². The molecule has 0 bridgehead atoms. The standard InChI is InChI=1S/C37H43N3O3.CH4/c1-37(2,3)22-12-19-34(41)39(5)33(25-30-17-11-16-28-14-9-10-18-31(28)30)36(43)40(6)32(35(42)38-4)24-26-20-21-27-13-7-8-15-29(27)23-26;/h7-21,23,32-33H,22,24-25H2,1-6H3,(H,38,42);1H4/b19-12+;/t32-,33-;/m1./s1. The van der Waals surface area contributed by atoms with Crippen LogP contribution in [0, 0.1) is 5.41 Å². The molecule has 1 N–H and O–H groups in total. The van der Waals surface area contributed by atoms with Crippen molar-refractivity contribution >= 4 is 39.3 Å². The molecule has 0 saturated heterocycles. The van der Waals surface area contributed by atoms with E-state index in [1.54, 1.807) is 27.2 Å². The molecule has 0 unspecified atom stereocenters. The van der Waals surface area contributed by atoms with E-state index in [-0.39, 0.29) is 30.6 Å². The summed E-state index contributed by atoms with van der Waals surface area (Å²) in [5.74, 6) is -0.795. The minimum absolute atomic E-state index is 0. The van der Waals surface area contributed by atoms with Gasteiger partial charge in [-0.05, 0) is 50.6 Å². The fourth-order valence-corrected chi connectivity index (χ4v) is 5.40. The Balaban J connectivity index is 0.00000529. The highest BCUT2D eigenvalue weighted by atomic mass is 16.2. The Morgan fingerprint density at radius 1 is 0.773 bits per heavy atom. The average molecular weight is 594 g/mol. The minimum atomic E-state index is -0.814. The SMILES string of the molecule is C.CNC(=O)[C@@H](Cc1ccc2ccccc2c1)N(C)C(=O)[C@@H](Cc1cccc2ccccc12)N(C)C(=O)/C=C/CC(C)(C)C. The Labute approximate surface area is 262 Å². The summed E-state index contributed by atoms with van der Waals surface area (Å²) in [6.45, 7) is 6.34. The molecule has 0 saturated carbocycles. The molecule has 0 aliphatic rings. The lowest BCUT2D eigenvalue weighted by Gasteiger charge is -2.34. The van der Waals surface area contributed by atoms with Crippen molar-refractivity contribution in [3.05, 3.63) is 108 Å². The van der Waals surface area contributed by atoms with E-state index < -0.39 is 12.1 Å². The lowest BCUT2D eigenvalue weighted by atomic mass is 9.92. The first kappa shape index (κ1) is 34.0. The Kier molecular flexibility index (Phi) is 11.5. The van der Waals surface area contributed by atoms with Gasteiger partial charge in [-0.2, -0.15) is 0 Å². The molecule has 0 aliphatic carbocycles. The van der Waals surface area contributed by atoms with Gasteiger partial charge >= 0.3 is 0 Å². The molecule has 0 spiro atoms. The van der Waals surface area contributed by atoms with Gasteiger partial charge in [-0.25, -0.2) is 0 Å². The molecule has 6 nitrogen and oxygen atoms in total. The Morgan fingerprint density at radius 3 is 2.09 bits per heavy atom. The fourth-order valence-electron chi connectivity index (χ4n) is 5.40. The van der Waals surface area contributed by atoms with Crippen LogP contribution in [0.2, 0.25) is 0 Å². The van der Waals surface area contributed by atoms with Crippen LogP contribution in [-0.2, 0) is 27.2 Å². The molecule has 44 heavy (non-hydrogen) atoms. The molecule has 4 aromatic carbocycles. The second-order valence-corrected chi connectivity index (χ2v) is 12.4. The van der Waals surface area contributed by atoms with Crippen molar-refractivity contribution in [2.45, 2.75) is 59.5 Å². The molecule has 6 heteroatoms. The maximum Gasteiger partial charge on any atom is 0.246 e. The summed E-state index contributed by atoms with van der Waals surface area (Å²) in [6, 6.07) is 26.6. The van der Waals surface area contributed by atoms with Gasteiger partial charge in [0.05, 0.1) is 0 Å². The number of nitrogens with zero attached hydrogens (tertiary/aromatic N) is 2. The van der Waals surface area contributed by atoms with Gasteiger partial charge in [-0.15, -0.1) is 0 Å². The molecule has 232 valence electrons. The van der Waals surface area contributed by atoms with Crippen molar-refractivity contribution in [2.24, 2.45) is 5.41 Å². The predicted octanol–water partition coefficient (Wildman–Crippen LogP) is 6.81. The van der Waals surface area contributed by atoms with Crippen LogP contribution in [0.25, 0.3) is 21.5 Å². The first-order valence-electron chi connectivity index (χ1n) is 14.8. The third-order valence-electron chi connectivity index (χ3n) is 7.99. The molecule has 3 amide bonds. The smallest absolute Gasteiger partial charge is 0.246 e. The Morgan fingerprint density at radius 2 is 1.41 bits per heavy atom. The third-order valence-corrected chi connectivity index (χ3v) is 7.99. The quantitative estimate of drug-likeness (QED) is 0.206. The van der Waals surface area contributed by atoms with Gasteiger partial charge in [0.1, 0.15) is 12.1 Å². The maximum atomic E-state index is 14.4. The number of fused-ring (bicyclic) bond motifs is 2. The number of carbonyl (C=O) groups excluding carboxylic acids is 3. The lowest BCUT2D eigenvalue weighted by Crippen LogP contribution is -2.55. The largest absolute Gasteiger partial charge is 0.357 e. The second kappa shape index (κ2) is 14.8. The van der Waals surface area contributed by atoms with Gasteiger partial charge in [0.2, 0.25) is 17.7 Å². The molecule has 4 aromatic rings. The van der Waals surface area contributed by atoms with E-state index in [4.69, 9.17) is 0 Å². The zero-order valence-electron chi connectivity index (χ0n) is 26.1. The summed E-state index contributed by atoms with van der Waals surface area (Å²) in [5, 5.41) is 7.03. The highest BCUT2D eigenvalue weighted by Crippen LogP contribution is 2.24. The molecular formula is C38H47N3O3. The predicted molar refractivity (Wildman–Crippen MR) is 182 cm³/mol. The molecule has 0 aliphatic heterocycles. The van der Waals surface area contributed by atoms with Crippen molar-refractivity contribution < 1.29 is 14.4 Å². The van der Waals surface area contributed by atoms with Gasteiger partial charge in [-0.1, -0.05) is 119 Å². The zero-order chi connectivity index (χ0) is 31.1. The first-order chi connectivity index (χ1) is 20.5. The number of likely N-dealkylation sites (N-methyl/N-ethyl adjacent to an activating group) is 3. The number of hydrogen-bond donors (Lipinski definition) is 1. The van der Waals surface area contributed by atoms with E-state index in [1.807, 2.05) is 84.9 Å². The topological polar surface area (TPSA) is 69.7 Å². The Bertz CT molecular complexity index is 1630. The maximum absolute atomic E-state index is 14.4. The van der Waals surface area contributed by atoms with Crippen LogP contribution in [0.15, 0.2) is 97.1 Å². The Hall–Kier alpha value is -4.45. The van der Waals surface area contributed by atoms with Crippen molar-refractivity contribution in [1.82, 2.24) is 15.1 Å². The van der Waals surface area contributed by atoms with Gasteiger partial charge in [0, 0.05) is 34.0 Å². The normalized spacial score (nSPS) is 12.9. The molecule has 0 radical (unpaired) electrons. The summed E-state index contributed by atoms with van der Waals surface area (Å²) in [5.41, 5.74) is 1.96. The van der Waals surface area contributed by atoms with E-state index in [2.05, 4.69) is 32.2 Å². The summed E-state index contributed by atoms with van der Waals surface area (Å²) in [4.78, 5) is 44.0. The van der Waals surface area contributed by atoms with Crippen LogP contribution in [0.4, 0.5) is 0 Å². The molecule has 0 aromatic heterocycles. The van der Waals surface area contributed by atoms with Crippen LogP contribution in [0.1, 0.15) is 45.7 Å². The fraction of sp³-hybridized carbons (Fsp3) is 0.342. The van der Waals surface area contributed by atoms with Crippen LogP contribution in [0.3, 0.4) is 0 Å². The van der Waals surface area contributed by atoms with E-state index >= 15 is 0 Å². The highest BCUT2D eigenvalue weighted by Gasteiger charge is 2.34. The number of rotatable bonds is 10. The summed E-state index contributed by atoms with van der Waals surface area (Å²) in [6.07, 6.45) is 4.82. The van der Waals surface area contributed by atoms with E-state index in [1.165, 1.54) is 9.80 Å². The van der Waals surface area contributed by atoms with Crippen molar-refractivity contribution in [2.75, 3.05) is 21.1 Å². The van der Waals surface area contributed by atoms with Crippen LogP contribution >= 0.6 is 0 Å². The van der Waals surface area contributed by atoms with E-state index in [0.717, 1.165) is 39.1 Å². The van der Waals surface area contributed by atoms with E-state index in [0.29, 0.717) is 12.8 Å². The number of hydrogen-bond acceptors (Lipinski definition) is 3. The van der Waals surface area contributed by atoms with Gasteiger partial charge in [-0.3, -0.25) is 14.4 Å². The number of nitrogens with one attached hydrogen (secondary N) is 1. The van der Waals surface area contributed by atoms with E-state index in [9.17, 15) is 14.4 Å². The van der Waals surface area contributed by atoms with Crippen molar-refractivity contribution in [1.29, 1.82) is 0 Å². The third kappa shape index (κ3) is 8.34. The van der Waals surface area contributed by atoms with Gasteiger partial charge in [0.15, 0.2) is 0 Å². The average Bonchev–Trinajstić information content (AvgIpc) is 3.00. The molecule has 2 atom stereocenters. The first-order valence-corrected chi connectivity index (χ1v) is 14.8. The molecule has 0 fully saturated rings. The van der Waals surface area contributed by atoms with Crippen LogP contribution in [-0.4, -0.2) is 60.7 Å². The number of benzene rings is 4. The number of carbonyl (C=O) groups is 3. The highest BCUT2D eigenvalue weighted by molar-refractivity contribution is 5.96.